The van der Waals surface area contributed by atoms with E-state index in [1.54, 1.807) is 0 Å². The first-order chi connectivity index (χ1) is 9.44. The Hall–Kier alpha value is -0.650. The maximum Gasteiger partial charge on any atom is 0.239 e. The highest BCUT2D eigenvalue weighted by molar-refractivity contribution is 5.86. The molecule has 1 heterocycles. The summed E-state index contributed by atoms with van der Waals surface area (Å²) in [5, 5.41) is 3.48. The number of carbonyl (C=O) groups excluding carboxylic acids is 1. The Morgan fingerprint density at radius 3 is 2.75 bits per heavy atom. The van der Waals surface area contributed by atoms with Crippen LogP contribution in [-0.4, -0.2) is 54.7 Å². The molecule has 0 aromatic carbocycles. The second-order valence-corrected chi connectivity index (χ2v) is 6.68. The van der Waals surface area contributed by atoms with Crippen molar-refractivity contribution in [1.29, 1.82) is 0 Å². The highest BCUT2D eigenvalue weighted by atomic mass is 16.5. The van der Waals surface area contributed by atoms with Crippen LogP contribution in [0.2, 0.25) is 0 Å². The third-order valence-electron chi connectivity index (χ3n) is 4.27. The zero-order valence-corrected chi connectivity index (χ0v) is 13.0. The van der Waals surface area contributed by atoms with Gasteiger partial charge in [0.2, 0.25) is 5.91 Å². The average molecular weight is 283 g/mol. The van der Waals surface area contributed by atoms with Crippen molar-refractivity contribution in [3.8, 4) is 0 Å². The normalized spacial score (nSPS) is 28.1. The first-order valence-corrected chi connectivity index (χ1v) is 7.85. The van der Waals surface area contributed by atoms with Gasteiger partial charge in [-0.2, -0.15) is 0 Å². The molecular weight excluding hydrogens is 254 g/mol. The molecule has 2 aliphatic rings. The van der Waals surface area contributed by atoms with Gasteiger partial charge in [0.15, 0.2) is 0 Å². The zero-order chi connectivity index (χ0) is 14.8. The summed E-state index contributed by atoms with van der Waals surface area (Å²) in [4.78, 5) is 14.5. The van der Waals surface area contributed by atoms with E-state index in [1.165, 1.54) is 0 Å². The summed E-state index contributed by atoms with van der Waals surface area (Å²) in [6, 6.07) is 0.253. The molecule has 2 atom stereocenters. The average Bonchev–Trinajstić information content (AvgIpc) is 3.15. The van der Waals surface area contributed by atoms with Gasteiger partial charge in [-0.05, 0) is 46.0 Å². The van der Waals surface area contributed by atoms with Crippen molar-refractivity contribution < 1.29 is 9.53 Å². The molecule has 2 unspecified atom stereocenters. The molecule has 3 N–H and O–H groups in total. The van der Waals surface area contributed by atoms with Crippen LogP contribution >= 0.6 is 0 Å². The maximum absolute atomic E-state index is 12.2. The van der Waals surface area contributed by atoms with E-state index in [0.29, 0.717) is 12.5 Å². The van der Waals surface area contributed by atoms with Crippen LogP contribution in [0, 0.1) is 5.92 Å². The molecular formula is C15H29N3O2. The number of primary amides is 1. The molecule has 0 radical (unpaired) electrons. The molecule has 20 heavy (non-hydrogen) atoms. The lowest BCUT2D eigenvalue weighted by molar-refractivity contribution is -0.126. The summed E-state index contributed by atoms with van der Waals surface area (Å²) in [7, 11) is 0. The number of carbonyl (C=O) groups is 1. The van der Waals surface area contributed by atoms with Gasteiger partial charge in [-0.15, -0.1) is 0 Å². The Morgan fingerprint density at radius 2 is 2.20 bits per heavy atom. The van der Waals surface area contributed by atoms with Crippen molar-refractivity contribution in [3.05, 3.63) is 0 Å². The lowest BCUT2D eigenvalue weighted by atomic mass is 9.90. The quantitative estimate of drug-likeness (QED) is 0.754. The molecule has 2 rings (SSSR count). The van der Waals surface area contributed by atoms with Gasteiger partial charge in [0.05, 0.1) is 6.10 Å². The number of nitrogens with zero attached hydrogens (tertiary/aromatic N) is 1. The molecule has 1 aliphatic heterocycles. The molecule has 116 valence electrons. The summed E-state index contributed by atoms with van der Waals surface area (Å²) >= 11 is 0. The van der Waals surface area contributed by atoms with Crippen molar-refractivity contribution in [3.63, 3.8) is 0 Å². The smallest absolute Gasteiger partial charge is 0.239 e. The van der Waals surface area contributed by atoms with Gasteiger partial charge in [0, 0.05) is 32.3 Å². The molecule has 1 saturated carbocycles. The predicted octanol–water partition coefficient (Wildman–Crippen LogP) is 0.729. The minimum Gasteiger partial charge on any atom is -0.377 e. The Bertz CT molecular complexity index is 344. The van der Waals surface area contributed by atoms with Crippen LogP contribution in [0.3, 0.4) is 0 Å². The zero-order valence-electron chi connectivity index (χ0n) is 13.0. The van der Waals surface area contributed by atoms with Crippen LogP contribution in [0.25, 0.3) is 0 Å². The SMILES string of the molecule is CC(C)NC(CN1CCCOC(C)C1)(C(N)=O)C1CC1. The van der Waals surface area contributed by atoms with E-state index >= 15 is 0 Å². The second kappa shape index (κ2) is 6.41. The third kappa shape index (κ3) is 3.71. The van der Waals surface area contributed by atoms with Crippen molar-refractivity contribution in [2.24, 2.45) is 11.7 Å². The second-order valence-electron chi connectivity index (χ2n) is 6.68. The number of ether oxygens (including phenoxy) is 1. The highest BCUT2D eigenvalue weighted by Crippen LogP contribution is 2.40. The molecule has 0 bridgehead atoms. The van der Waals surface area contributed by atoms with E-state index < -0.39 is 5.54 Å². The fourth-order valence-electron chi connectivity index (χ4n) is 3.31. The Morgan fingerprint density at radius 1 is 1.50 bits per heavy atom. The lowest BCUT2D eigenvalue weighted by Gasteiger charge is -2.38. The number of rotatable bonds is 6. The fraction of sp³-hybridized carbons (Fsp3) is 0.933. The summed E-state index contributed by atoms with van der Waals surface area (Å²) in [6.45, 7) is 9.62. The van der Waals surface area contributed by atoms with E-state index in [4.69, 9.17) is 10.5 Å². The first-order valence-electron chi connectivity index (χ1n) is 7.85. The Kier molecular flexibility index (Phi) is 5.04. The molecule has 1 saturated heterocycles. The lowest BCUT2D eigenvalue weighted by Crippen LogP contribution is -2.65. The monoisotopic (exact) mass is 283 g/mol. The van der Waals surface area contributed by atoms with Gasteiger partial charge in [0.25, 0.3) is 0 Å². The van der Waals surface area contributed by atoms with Crippen LogP contribution in [0.1, 0.15) is 40.0 Å². The van der Waals surface area contributed by atoms with Crippen molar-refractivity contribution in [2.45, 2.75) is 57.7 Å². The number of nitrogens with one attached hydrogen (secondary N) is 1. The topological polar surface area (TPSA) is 67.6 Å². The van der Waals surface area contributed by atoms with Crippen molar-refractivity contribution in [1.82, 2.24) is 10.2 Å². The Balaban J connectivity index is 2.11. The van der Waals surface area contributed by atoms with Gasteiger partial charge in [0.1, 0.15) is 5.54 Å². The van der Waals surface area contributed by atoms with E-state index in [-0.39, 0.29) is 18.1 Å². The molecule has 2 fully saturated rings. The molecule has 0 aromatic rings. The van der Waals surface area contributed by atoms with Crippen LogP contribution in [-0.2, 0) is 9.53 Å². The molecule has 1 aliphatic carbocycles. The van der Waals surface area contributed by atoms with Gasteiger partial charge in [-0.1, -0.05) is 0 Å². The third-order valence-corrected chi connectivity index (χ3v) is 4.27. The summed E-state index contributed by atoms with van der Waals surface area (Å²) in [5.41, 5.74) is 5.22. The molecule has 0 spiro atoms. The van der Waals surface area contributed by atoms with Crippen LogP contribution < -0.4 is 11.1 Å². The van der Waals surface area contributed by atoms with Gasteiger partial charge in [-0.3, -0.25) is 15.0 Å². The largest absolute Gasteiger partial charge is 0.377 e. The van der Waals surface area contributed by atoms with Gasteiger partial charge < -0.3 is 10.5 Å². The van der Waals surface area contributed by atoms with E-state index in [0.717, 1.165) is 39.0 Å². The maximum atomic E-state index is 12.2. The number of hydrogen-bond donors (Lipinski definition) is 2. The molecule has 0 aromatic heterocycles. The molecule has 1 amide bonds. The van der Waals surface area contributed by atoms with Crippen LogP contribution in [0.4, 0.5) is 0 Å². The van der Waals surface area contributed by atoms with Gasteiger partial charge >= 0.3 is 0 Å². The summed E-state index contributed by atoms with van der Waals surface area (Å²) in [5.74, 6) is 0.188. The predicted molar refractivity (Wildman–Crippen MR) is 79.4 cm³/mol. The van der Waals surface area contributed by atoms with Crippen molar-refractivity contribution >= 4 is 5.91 Å². The van der Waals surface area contributed by atoms with Crippen LogP contribution in [0.15, 0.2) is 0 Å². The molecule has 5 heteroatoms. The highest BCUT2D eigenvalue weighted by Gasteiger charge is 2.50. The number of amides is 1. The minimum absolute atomic E-state index is 0.202. The first kappa shape index (κ1) is 15.7. The minimum atomic E-state index is -0.571. The Labute approximate surface area is 122 Å². The summed E-state index contributed by atoms with van der Waals surface area (Å²) in [6.07, 6.45) is 3.44. The standard InChI is InChI=1S/C15H29N3O2/c1-11(2)17-15(14(16)19,13-5-6-13)10-18-7-4-8-20-12(3)9-18/h11-13,17H,4-10H2,1-3H3,(H2,16,19). The van der Waals surface area contributed by atoms with E-state index in [1.807, 2.05) is 0 Å². The molecule has 5 nitrogen and oxygen atoms in total. The van der Waals surface area contributed by atoms with E-state index in [2.05, 4.69) is 31.0 Å². The summed E-state index contributed by atoms with van der Waals surface area (Å²) < 4.78 is 5.69. The van der Waals surface area contributed by atoms with E-state index in [9.17, 15) is 4.79 Å². The van der Waals surface area contributed by atoms with Gasteiger partial charge in [-0.25, -0.2) is 0 Å². The van der Waals surface area contributed by atoms with Crippen molar-refractivity contribution in [2.75, 3.05) is 26.2 Å². The number of hydrogen-bond acceptors (Lipinski definition) is 4. The number of nitrogens with two attached hydrogens (primary N) is 1. The fourth-order valence-corrected chi connectivity index (χ4v) is 3.31. The van der Waals surface area contributed by atoms with Crippen LogP contribution in [0.5, 0.6) is 0 Å².